The molecule has 5 heteroatoms. The molecule has 0 aliphatic heterocycles. The van der Waals surface area contributed by atoms with E-state index in [-0.39, 0.29) is 17.9 Å². The smallest absolute Gasteiger partial charge is 0.137 e. The first-order chi connectivity index (χ1) is 7.54. The third-order valence-corrected chi connectivity index (χ3v) is 3.72. The summed E-state index contributed by atoms with van der Waals surface area (Å²) in [5, 5.41) is 0.495. The molecule has 1 heterocycles. The zero-order chi connectivity index (χ0) is 11.8. The second-order valence-electron chi connectivity index (χ2n) is 4.71. The minimum Gasteiger partial charge on any atom is -0.490 e. The summed E-state index contributed by atoms with van der Waals surface area (Å²) in [6, 6.07) is 3.60. The van der Waals surface area contributed by atoms with E-state index >= 15 is 0 Å². The van der Waals surface area contributed by atoms with Crippen LogP contribution in [0.3, 0.4) is 0 Å². The molecule has 17 heavy (non-hydrogen) atoms. The lowest BCUT2D eigenvalue weighted by Gasteiger charge is -2.25. The van der Waals surface area contributed by atoms with E-state index < -0.39 is 0 Å². The van der Waals surface area contributed by atoms with Gasteiger partial charge in [0.25, 0.3) is 0 Å². The standard InChI is InChI=1S/C12H17ClN2O.ClH/c1-9-6-12(9,15(2)3)8-16-10-4-5-11(13)14-7-10;/h4-5,7,9H,6,8H2,1-3H3;1H/t9-,12+;/m1./s1. The van der Waals surface area contributed by atoms with E-state index in [4.69, 9.17) is 16.3 Å². The van der Waals surface area contributed by atoms with E-state index in [0.29, 0.717) is 17.7 Å². The number of rotatable bonds is 4. The number of likely N-dealkylation sites (N-methyl/N-ethyl adjacent to an activating group) is 1. The SMILES string of the molecule is C[C@@H]1C[C@@]1(COc1ccc(Cl)nc1)N(C)C.Cl. The van der Waals surface area contributed by atoms with Crippen LogP contribution in [0.2, 0.25) is 5.15 Å². The summed E-state index contributed by atoms with van der Waals surface area (Å²) >= 11 is 5.71. The van der Waals surface area contributed by atoms with E-state index in [2.05, 4.69) is 30.9 Å². The number of hydrogen-bond donors (Lipinski definition) is 0. The summed E-state index contributed by atoms with van der Waals surface area (Å²) in [7, 11) is 4.21. The quantitative estimate of drug-likeness (QED) is 0.791. The van der Waals surface area contributed by atoms with E-state index in [1.54, 1.807) is 12.3 Å². The van der Waals surface area contributed by atoms with Crippen LogP contribution in [0.1, 0.15) is 13.3 Å². The largest absolute Gasteiger partial charge is 0.490 e. The van der Waals surface area contributed by atoms with Gasteiger partial charge in [0.1, 0.15) is 17.5 Å². The van der Waals surface area contributed by atoms with Gasteiger partial charge < -0.3 is 9.64 Å². The predicted octanol–water partition coefficient (Wildman–Crippen LogP) is 2.88. The monoisotopic (exact) mass is 276 g/mol. The molecule has 0 spiro atoms. The van der Waals surface area contributed by atoms with Crippen molar-refractivity contribution < 1.29 is 4.74 Å². The van der Waals surface area contributed by atoms with Crippen molar-refractivity contribution in [1.82, 2.24) is 9.88 Å². The minimum atomic E-state index is 0. The Kier molecular flexibility index (Phi) is 4.64. The van der Waals surface area contributed by atoms with E-state index in [1.807, 2.05) is 6.07 Å². The highest BCUT2D eigenvalue weighted by atomic mass is 35.5. The van der Waals surface area contributed by atoms with Crippen LogP contribution < -0.4 is 4.74 Å². The van der Waals surface area contributed by atoms with E-state index in [9.17, 15) is 0 Å². The molecule has 2 atom stereocenters. The van der Waals surface area contributed by atoms with Crippen LogP contribution in [0, 0.1) is 5.92 Å². The Morgan fingerprint density at radius 1 is 1.53 bits per heavy atom. The van der Waals surface area contributed by atoms with Crippen molar-refractivity contribution in [2.45, 2.75) is 18.9 Å². The lowest BCUT2D eigenvalue weighted by molar-refractivity contribution is 0.155. The highest BCUT2D eigenvalue weighted by molar-refractivity contribution is 6.29. The topological polar surface area (TPSA) is 25.4 Å². The van der Waals surface area contributed by atoms with Gasteiger partial charge in [-0.25, -0.2) is 4.98 Å². The summed E-state index contributed by atoms with van der Waals surface area (Å²) < 4.78 is 5.76. The first kappa shape index (κ1) is 14.6. The Labute approximate surface area is 114 Å². The zero-order valence-electron chi connectivity index (χ0n) is 10.3. The summed E-state index contributed by atoms with van der Waals surface area (Å²) in [5.74, 6) is 1.48. The highest BCUT2D eigenvalue weighted by Crippen LogP contribution is 2.47. The second-order valence-corrected chi connectivity index (χ2v) is 5.10. The number of pyridine rings is 1. The minimum absolute atomic E-state index is 0. The third-order valence-electron chi connectivity index (χ3n) is 3.50. The molecule has 0 saturated heterocycles. The predicted molar refractivity (Wildman–Crippen MR) is 72.2 cm³/mol. The molecule has 1 fully saturated rings. The second kappa shape index (κ2) is 5.42. The number of ether oxygens (including phenoxy) is 1. The maximum Gasteiger partial charge on any atom is 0.137 e. The molecule has 0 amide bonds. The first-order valence-corrected chi connectivity index (χ1v) is 5.84. The summed E-state index contributed by atoms with van der Waals surface area (Å²) in [4.78, 5) is 6.24. The molecule has 1 saturated carbocycles. The van der Waals surface area contributed by atoms with Gasteiger partial charge in [-0.3, -0.25) is 0 Å². The molecular weight excluding hydrogens is 259 g/mol. The van der Waals surface area contributed by atoms with Crippen LogP contribution in [0.15, 0.2) is 18.3 Å². The van der Waals surface area contributed by atoms with Crippen LogP contribution in [-0.2, 0) is 0 Å². The van der Waals surface area contributed by atoms with Crippen LogP contribution in [0.5, 0.6) is 5.75 Å². The van der Waals surface area contributed by atoms with Crippen LogP contribution in [0.25, 0.3) is 0 Å². The first-order valence-electron chi connectivity index (χ1n) is 5.46. The van der Waals surface area contributed by atoms with Gasteiger partial charge in [0.2, 0.25) is 0 Å². The normalized spacial score (nSPS) is 26.5. The summed E-state index contributed by atoms with van der Waals surface area (Å²) in [5.41, 5.74) is 0.208. The summed E-state index contributed by atoms with van der Waals surface area (Å²) in [6.45, 7) is 2.97. The van der Waals surface area contributed by atoms with E-state index in [0.717, 1.165) is 5.75 Å². The Balaban J connectivity index is 0.00000144. The van der Waals surface area contributed by atoms with Crippen LogP contribution in [-0.4, -0.2) is 36.1 Å². The average molecular weight is 277 g/mol. The number of nitrogens with zero attached hydrogens (tertiary/aromatic N) is 2. The maximum atomic E-state index is 5.76. The van der Waals surface area contributed by atoms with Crippen molar-refractivity contribution in [1.29, 1.82) is 0 Å². The Morgan fingerprint density at radius 2 is 2.18 bits per heavy atom. The molecule has 1 aromatic heterocycles. The molecular formula is C12H18Cl2N2O. The van der Waals surface area contributed by atoms with Gasteiger partial charge in [-0.1, -0.05) is 18.5 Å². The maximum absolute atomic E-state index is 5.76. The fourth-order valence-corrected chi connectivity index (χ4v) is 2.19. The van der Waals surface area contributed by atoms with Crippen molar-refractivity contribution >= 4 is 24.0 Å². The zero-order valence-corrected chi connectivity index (χ0v) is 11.9. The number of halogens is 2. The van der Waals surface area contributed by atoms with Gasteiger partial charge >= 0.3 is 0 Å². The van der Waals surface area contributed by atoms with E-state index in [1.165, 1.54) is 6.42 Å². The Hall–Kier alpha value is -0.510. The summed E-state index contributed by atoms with van der Waals surface area (Å²) in [6.07, 6.45) is 2.86. The van der Waals surface area contributed by atoms with Gasteiger partial charge in [0.05, 0.1) is 11.7 Å². The molecule has 0 unspecified atom stereocenters. The van der Waals surface area contributed by atoms with Crippen LogP contribution in [0.4, 0.5) is 0 Å². The van der Waals surface area contributed by atoms with Gasteiger partial charge in [0.15, 0.2) is 0 Å². The van der Waals surface area contributed by atoms with Gasteiger partial charge in [-0.2, -0.15) is 0 Å². The molecule has 1 aromatic rings. The van der Waals surface area contributed by atoms with Crippen molar-refractivity contribution in [3.63, 3.8) is 0 Å². The average Bonchev–Trinajstić information content (AvgIpc) is 2.90. The van der Waals surface area contributed by atoms with Crippen molar-refractivity contribution in [3.05, 3.63) is 23.5 Å². The molecule has 0 bridgehead atoms. The molecule has 3 nitrogen and oxygen atoms in total. The molecule has 0 aromatic carbocycles. The molecule has 0 N–H and O–H groups in total. The molecule has 1 aliphatic rings. The highest BCUT2D eigenvalue weighted by Gasteiger charge is 2.53. The van der Waals surface area contributed by atoms with Crippen molar-refractivity contribution in [2.24, 2.45) is 5.92 Å². The van der Waals surface area contributed by atoms with Gasteiger partial charge in [0, 0.05) is 0 Å². The van der Waals surface area contributed by atoms with Crippen LogP contribution >= 0.6 is 24.0 Å². The number of aromatic nitrogens is 1. The number of hydrogen-bond acceptors (Lipinski definition) is 3. The molecule has 1 aliphatic carbocycles. The fraction of sp³-hybridized carbons (Fsp3) is 0.583. The lowest BCUT2D eigenvalue weighted by atomic mass is 10.2. The Morgan fingerprint density at radius 3 is 2.59 bits per heavy atom. The van der Waals surface area contributed by atoms with Gasteiger partial charge in [-0.15, -0.1) is 12.4 Å². The van der Waals surface area contributed by atoms with Crippen molar-refractivity contribution in [3.8, 4) is 5.75 Å². The molecule has 2 rings (SSSR count). The lowest BCUT2D eigenvalue weighted by Crippen LogP contribution is -2.37. The third kappa shape index (κ3) is 3.03. The fourth-order valence-electron chi connectivity index (χ4n) is 2.08. The van der Waals surface area contributed by atoms with Gasteiger partial charge in [-0.05, 0) is 38.6 Å². The Bertz CT molecular complexity index is 369. The molecule has 0 radical (unpaired) electrons. The van der Waals surface area contributed by atoms with Crippen molar-refractivity contribution in [2.75, 3.05) is 20.7 Å². The molecule has 96 valence electrons.